The monoisotopic (exact) mass is 370 g/mol. The molecule has 142 valence electrons. The van der Waals surface area contributed by atoms with Gasteiger partial charge in [-0.05, 0) is 42.8 Å². The van der Waals surface area contributed by atoms with Crippen molar-refractivity contribution < 1.29 is 28.6 Å². The third kappa shape index (κ3) is 7.32. The van der Waals surface area contributed by atoms with Crippen LogP contribution in [0.25, 0.3) is 0 Å². The van der Waals surface area contributed by atoms with Gasteiger partial charge in [0.1, 0.15) is 5.75 Å². The van der Waals surface area contributed by atoms with Crippen molar-refractivity contribution in [1.82, 2.24) is 0 Å². The van der Waals surface area contributed by atoms with Crippen LogP contribution in [-0.4, -0.2) is 38.0 Å². The van der Waals surface area contributed by atoms with Crippen molar-refractivity contribution in [1.29, 1.82) is 0 Å². The molecule has 0 saturated carbocycles. The molecule has 0 aliphatic carbocycles. The van der Waals surface area contributed by atoms with Gasteiger partial charge in [0.25, 0.3) is 6.47 Å². The van der Waals surface area contributed by atoms with Crippen LogP contribution in [0.5, 0.6) is 5.75 Å². The van der Waals surface area contributed by atoms with E-state index in [-0.39, 0.29) is 25.0 Å². The van der Waals surface area contributed by atoms with Crippen LogP contribution in [0.15, 0.2) is 54.6 Å². The number of hydrogen-bond acceptors (Lipinski definition) is 6. The number of ether oxygens (including phenoxy) is 3. The minimum Gasteiger partial charge on any atom is -0.493 e. The summed E-state index contributed by atoms with van der Waals surface area (Å²) in [5.41, 5.74) is 1.11. The molecule has 0 atom stereocenters. The lowest BCUT2D eigenvalue weighted by Crippen LogP contribution is -2.09. The summed E-state index contributed by atoms with van der Waals surface area (Å²) in [6.07, 6.45) is 1.38. The zero-order chi connectivity index (χ0) is 19.3. The van der Waals surface area contributed by atoms with Crippen molar-refractivity contribution in [2.45, 2.75) is 19.3 Å². The lowest BCUT2D eigenvalue weighted by atomic mass is 10.1. The van der Waals surface area contributed by atoms with Gasteiger partial charge in [-0.25, -0.2) is 4.79 Å². The van der Waals surface area contributed by atoms with E-state index in [0.29, 0.717) is 49.2 Å². The lowest BCUT2D eigenvalue weighted by molar-refractivity contribution is -0.128. The van der Waals surface area contributed by atoms with Crippen molar-refractivity contribution in [3.63, 3.8) is 0 Å². The van der Waals surface area contributed by atoms with Gasteiger partial charge in [-0.1, -0.05) is 18.2 Å². The van der Waals surface area contributed by atoms with Crippen LogP contribution in [0.3, 0.4) is 0 Å². The van der Waals surface area contributed by atoms with Crippen molar-refractivity contribution in [3.8, 4) is 5.75 Å². The first-order chi connectivity index (χ1) is 13.2. The fraction of sp³-hybridized carbons (Fsp3) is 0.286. The highest BCUT2D eigenvalue weighted by molar-refractivity contribution is 5.96. The average molecular weight is 370 g/mol. The molecule has 27 heavy (non-hydrogen) atoms. The number of Topliss-reactive ketones (excluding diaryl/α,β-unsaturated/α-hetero) is 1. The molecule has 0 unspecified atom stereocenters. The molecule has 2 rings (SSSR count). The average Bonchev–Trinajstić information content (AvgIpc) is 2.72. The molecule has 0 N–H and O–H groups in total. The van der Waals surface area contributed by atoms with E-state index in [0.717, 1.165) is 0 Å². The van der Waals surface area contributed by atoms with Crippen molar-refractivity contribution >= 4 is 18.2 Å². The summed E-state index contributed by atoms with van der Waals surface area (Å²) in [5, 5.41) is 0. The van der Waals surface area contributed by atoms with Gasteiger partial charge in [0, 0.05) is 18.4 Å². The van der Waals surface area contributed by atoms with Gasteiger partial charge in [0.2, 0.25) is 0 Å². The van der Waals surface area contributed by atoms with E-state index in [1.807, 2.05) is 6.07 Å². The van der Waals surface area contributed by atoms with Crippen LogP contribution in [0.1, 0.15) is 40.0 Å². The highest BCUT2D eigenvalue weighted by atomic mass is 16.5. The summed E-state index contributed by atoms with van der Waals surface area (Å²) in [6.45, 7) is 1.29. The molecule has 0 spiro atoms. The summed E-state index contributed by atoms with van der Waals surface area (Å²) in [4.78, 5) is 33.8. The van der Waals surface area contributed by atoms with Crippen molar-refractivity contribution in [2.24, 2.45) is 0 Å². The number of esters is 1. The fourth-order valence-electron chi connectivity index (χ4n) is 2.32. The van der Waals surface area contributed by atoms with Gasteiger partial charge in [0.15, 0.2) is 5.78 Å². The Bertz CT molecular complexity index is 724. The van der Waals surface area contributed by atoms with Crippen LogP contribution in [0.4, 0.5) is 0 Å². The molecule has 2 aromatic carbocycles. The second-order valence-corrected chi connectivity index (χ2v) is 5.72. The summed E-state index contributed by atoms with van der Waals surface area (Å²) >= 11 is 0. The van der Waals surface area contributed by atoms with Gasteiger partial charge >= 0.3 is 5.97 Å². The van der Waals surface area contributed by atoms with Crippen molar-refractivity contribution in [2.75, 3.05) is 19.8 Å². The summed E-state index contributed by atoms with van der Waals surface area (Å²) in [5.74, 6) is 0.283. The van der Waals surface area contributed by atoms with E-state index in [1.165, 1.54) is 0 Å². The molecule has 0 saturated heterocycles. The zero-order valence-corrected chi connectivity index (χ0v) is 15.0. The first kappa shape index (κ1) is 20.2. The van der Waals surface area contributed by atoms with Gasteiger partial charge in [-0.2, -0.15) is 0 Å². The number of benzene rings is 2. The molecular formula is C21H22O6. The normalized spacial score (nSPS) is 10.1. The largest absolute Gasteiger partial charge is 0.493 e. The first-order valence-electron chi connectivity index (χ1n) is 8.74. The minimum atomic E-state index is -0.350. The highest BCUT2D eigenvalue weighted by Gasteiger charge is 2.07. The molecule has 0 aliphatic rings. The standard InChI is InChI=1S/C21H22O6/c22-16-25-13-4-8-20(23)17-9-11-19(12-10-17)26-14-5-15-27-21(24)18-6-2-1-3-7-18/h1-3,6-7,9-12,16H,4-5,8,13-15H2. The van der Waals surface area contributed by atoms with Gasteiger partial charge in [-0.15, -0.1) is 0 Å². The lowest BCUT2D eigenvalue weighted by Gasteiger charge is -2.08. The topological polar surface area (TPSA) is 78.9 Å². The Balaban J connectivity index is 1.64. The SMILES string of the molecule is O=COCCCC(=O)c1ccc(OCCCOC(=O)c2ccccc2)cc1. The Morgan fingerprint density at radius 2 is 1.56 bits per heavy atom. The third-order valence-corrected chi connectivity index (χ3v) is 3.71. The molecule has 0 amide bonds. The molecule has 6 nitrogen and oxygen atoms in total. The van der Waals surface area contributed by atoms with E-state index < -0.39 is 0 Å². The predicted octanol–water partition coefficient (Wildman–Crippen LogP) is 3.45. The molecule has 2 aromatic rings. The number of hydrogen-bond donors (Lipinski definition) is 0. The van der Waals surface area contributed by atoms with E-state index >= 15 is 0 Å². The number of ketones is 1. The van der Waals surface area contributed by atoms with Gasteiger partial charge < -0.3 is 14.2 Å². The molecule has 0 bridgehead atoms. The van der Waals surface area contributed by atoms with Crippen LogP contribution < -0.4 is 4.74 Å². The molecular weight excluding hydrogens is 348 g/mol. The fourth-order valence-corrected chi connectivity index (χ4v) is 2.32. The van der Waals surface area contributed by atoms with Crippen LogP contribution in [-0.2, 0) is 14.3 Å². The van der Waals surface area contributed by atoms with Gasteiger partial charge in [0.05, 0.1) is 25.4 Å². The quantitative estimate of drug-likeness (QED) is 0.246. The minimum absolute atomic E-state index is 0.0103. The maximum absolute atomic E-state index is 12.0. The molecule has 0 heterocycles. The third-order valence-electron chi connectivity index (χ3n) is 3.71. The van der Waals surface area contributed by atoms with Crippen LogP contribution >= 0.6 is 0 Å². The molecule has 0 aliphatic heterocycles. The summed E-state index contributed by atoms with van der Waals surface area (Å²) in [6, 6.07) is 15.7. The second kappa shape index (κ2) is 11.5. The van der Waals surface area contributed by atoms with E-state index in [1.54, 1.807) is 48.5 Å². The van der Waals surface area contributed by atoms with E-state index in [2.05, 4.69) is 4.74 Å². The number of carbonyl (C=O) groups is 3. The Morgan fingerprint density at radius 1 is 0.815 bits per heavy atom. The Hall–Kier alpha value is -3.15. The van der Waals surface area contributed by atoms with Crippen molar-refractivity contribution in [3.05, 3.63) is 65.7 Å². The van der Waals surface area contributed by atoms with E-state index in [4.69, 9.17) is 9.47 Å². The van der Waals surface area contributed by atoms with Crippen LogP contribution in [0.2, 0.25) is 0 Å². The number of carbonyl (C=O) groups excluding carboxylic acids is 3. The first-order valence-corrected chi connectivity index (χ1v) is 8.74. The highest BCUT2D eigenvalue weighted by Crippen LogP contribution is 2.14. The summed E-state index contributed by atoms with van der Waals surface area (Å²) < 4.78 is 15.3. The zero-order valence-electron chi connectivity index (χ0n) is 15.0. The predicted molar refractivity (Wildman–Crippen MR) is 98.9 cm³/mol. The maximum atomic E-state index is 12.0. The van der Waals surface area contributed by atoms with E-state index in [9.17, 15) is 14.4 Å². The maximum Gasteiger partial charge on any atom is 0.338 e. The Labute approximate surface area is 158 Å². The molecule has 0 fully saturated rings. The molecule has 0 radical (unpaired) electrons. The summed E-state index contributed by atoms with van der Waals surface area (Å²) in [7, 11) is 0. The number of rotatable bonds is 12. The van der Waals surface area contributed by atoms with Gasteiger partial charge in [-0.3, -0.25) is 9.59 Å². The second-order valence-electron chi connectivity index (χ2n) is 5.72. The van der Waals surface area contributed by atoms with Crippen LogP contribution in [0, 0.1) is 0 Å². The molecule has 0 aromatic heterocycles. The smallest absolute Gasteiger partial charge is 0.338 e. The Kier molecular flexibility index (Phi) is 8.56. The molecule has 6 heteroatoms. The Morgan fingerprint density at radius 3 is 2.26 bits per heavy atom.